The van der Waals surface area contributed by atoms with Crippen molar-refractivity contribution in [1.82, 2.24) is 10.3 Å². The molecule has 2 rings (SSSR count). The summed E-state index contributed by atoms with van der Waals surface area (Å²) in [5.74, 6) is 0.797. The number of hydrogen-bond acceptors (Lipinski definition) is 3. The lowest BCUT2D eigenvalue weighted by molar-refractivity contribution is 0.997. The molecule has 0 atom stereocenters. The molecule has 4 heteroatoms. The highest BCUT2D eigenvalue weighted by Gasteiger charge is 2.23. The van der Waals surface area contributed by atoms with E-state index in [0.29, 0.717) is 6.42 Å². The minimum Gasteiger partial charge on any atom is -0.343 e. The van der Waals surface area contributed by atoms with Crippen molar-refractivity contribution < 1.29 is 0 Å². The Bertz CT molecular complexity index is 636. The van der Waals surface area contributed by atoms with E-state index in [1.54, 1.807) is 6.20 Å². The van der Waals surface area contributed by atoms with Gasteiger partial charge in [0.1, 0.15) is 5.84 Å². The SMILES string of the molecule is C=C(Cc1cccnc1)NC1=NC(CC)=C(Cl)C1=C(C)C.CC. The molecule has 0 spiro atoms. The maximum atomic E-state index is 6.41. The minimum absolute atomic E-state index is 0.710. The molecule has 0 aromatic carbocycles. The molecule has 0 fully saturated rings. The van der Waals surface area contributed by atoms with Crippen molar-refractivity contribution in [2.75, 3.05) is 0 Å². The predicted molar refractivity (Wildman–Crippen MR) is 101 cm³/mol. The molecule has 0 radical (unpaired) electrons. The molecule has 1 aromatic rings. The summed E-state index contributed by atoms with van der Waals surface area (Å²) in [7, 11) is 0. The topological polar surface area (TPSA) is 37.3 Å². The fraction of sp³-hybridized carbons (Fsp3) is 0.368. The third kappa shape index (κ3) is 5.07. The van der Waals surface area contributed by atoms with Crippen LogP contribution in [0, 0.1) is 0 Å². The van der Waals surface area contributed by atoms with Crippen LogP contribution in [0.25, 0.3) is 0 Å². The molecule has 1 aliphatic heterocycles. The van der Waals surface area contributed by atoms with Crippen LogP contribution in [0.3, 0.4) is 0 Å². The first kappa shape index (κ1) is 19.2. The van der Waals surface area contributed by atoms with Crippen LogP contribution >= 0.6 is 11.6 Å². The standard InChI is InChI=1S/C17H20ClN3.C2H6/c1-5-14-16(18)15(11(2)3)17(21-14)20-12(4)9-13-7-6-8-19-10-13;1-2/h6-8,10H,4-5,9H2,1-3H3,(H,20,21);1-2H3. The van der Waals surface area contributed by atoms with E-state index in [4.69, 9.17) is 11.6 Å². The smallest absolute Gasteiger partial charge is 0.139 e. The normalized spacial score (nSPS) is 13.3. The molecule has 0 unspecified atom stereocenters. The van der Waals surface area contributed by atoms with Crippen molar-refractivity contribution in [2.45, 2.75) is 47.5 Å². The molecule has 0 bridgehead atoms. The van der Waals surface area contributed by atoms with Crippen molar-refractivity contribution in [1.29, 1.82) is 0 Å². The number of amidine groups is 1. The van der Waals surface area contributed by atoms with E-state index >= 15 is 0 Å². The first-order valence-electron chi connectivity index (χ1n) is 8.02. The summed E-state index contributed by atoms with van der Waals surface area (Å²) >= 11 is 6.41. The van der Waals surface area contributed by atoms with Crippen LogP contribution in [0.1, 0.15) is 46.6 Å². The number of hydrogen-bond donors (Lipinski definition) is 1. The Morgan fingerprint density at radius 2 is 2.00 bits per heavy atom. The lowest BCUT2D eigenvalue weighted by atomic mass is 10.1. The van der Waals surface area contributed by atoms with Crippen LogP contribution in [0.5, 0.6) is 0 Å². The molecule has 0 amide bonds. The third-order valence-corrected chi connectivity index (χ3v) is 3.63. The fourth-order valence-corrected chi connectivity index (χ4v) is 2.68. The number of halogens is 1. The highest BCUT2D eigenvalue weighted by Crippen LogP contribution is 2.32. The van der Waals surface area contributed by atoms with Gasteiger partial charge in [0.15, 0.2) is 0 Å². The molecule has 2 heterocycles. The van der Waals surface area contributed by atoms with Gasteiger partial charge < -0.3 is 5.32 Å². The fourth-order valence-electron chi connectivity index (χ4n) is 2.23. The zero-order valence-corrected chi connectivity index (χ0v) is 15.5. The highest BCUT2D eigenvalue weighted by molar-refractivity contribution is 6.37. The van der Waals surface area contributed by atoms with E-state index in [1.807, 2.05) is 46.0 Å². The van der Waals surface area contributed by atoms with Gasteiger partial charge in [0.2, 0.25) is 0 Å². The summed E-state index contributed by atoms with van der Waals surface area (Å²) in [5, 5.41) is 4.04. The van der Waals surface area contributed by atoms with Crippen LogP contribution < -0.4 is 5.32 Å². The van der Waals surface area contributed by atoms with E-state index in [9.17, 15) is 0 Å². The van der Waals surface area contributed by atoms with Gasteiger partial charge in [0.25, 0.3) is 0 Å². The Morgan fingerprint density at radius 3 is 2.52 bits per heavy atom. The largest absolute Gasteiger partial charge is 0.343 e. The maximum absolute atomic E-state index is 6.41. The first-order valence-corrected chi connectivity index (χ1v) is 8.40. The predicted octanol–water partition coefficient (Wildman–Crippen LogP) is 5.36. The summed E-state index contributed by atoms with van der Waals surface area (Å²) < 4.78 is 0. The van der Waals surface area contributed by atoms with Gasteiger partial charge >= 0.3 is 0 Å². The van der Waals surface area contributed by atoms with E-state index in [1.165, 1.54) is 0 Å². The summed E-state index contributed by atoms with van der Waals surface area (Å²) in [5.41, 5.74) is 5.04. The summed E-state index contributed by atoms with van der Waals surface area (Å²) in [6.07, 6.45) is 5.13. The molecule has 23 heavy (non-hydrogen) atoms. The molecule has 1 aromatic heterocycles. The minimum atomic E-state index is 0.710. The Labute approximate surface area is 144 Å². The van der Waals surface area contributed by atoms with E-state index in [2.05, 4.69) is 28.8 Å². The molecule has 1 N–H and O–H groups in total. The second kappa shape index (κ2) is 9.31. The van der Waals surface area contributed by atoms with Crippen LogP contribution in [-0.4, -0.2) is 10.8 Å². The van der Waals surface area contributed by atoms with Crippen LogP contribution in [0.15, 0.2) is 63.7 Å². The van der Waals surface area contributed by atoms with Gasteiger partial charge in [-0.05, 0) is 31.9 Å². The lowest BCUT2D eigenvalue weighted by Gasteiger charge is -2.12. The Balaban J connectivity index is 0.00000127. The van der Waals surface area contributed by atoms with Gasteiger partial charge in [-0.15, -0.1) is 0 Å². The molecular weight excluding hydrogens is 306 g/mol. The number of aliphatic imine (C=N–C) groups is 1. The zero-order chi connectivity index (χ0) is 17.4. The summed E-state index contributed by atoms with van der Waals surface area (Å²) in [6, 6.07) is 3.95. The Morgan fingerprint density at radius 1 is 1.30 bits per heavy atom. The third-order valence-electron chi connectivity index (χ3n) is 3.23. The van der Waals surface area contributed by atoms with E-state index < -0.39 is 0 Å². The molecule has 0 saturated carbocycles. The summed E-state index contributed by atoms with van der Waals surface area (Å²) in [4.78, 5) is 8.70. The molecule has 1 aliphatic rings. The number of allylic oxidation sites excluding steroid dienone is 3. The van der Waals surface area contributed by atoms with Crippen LogP contribution in [0.4, 0.5) is 0 Å². The molecular formula is C19H26ClN3. The second-order valence-electron chi connectivity index (χ2n) is 5.22. The molecule has 124 valence electrons. The van der Waals surface area contributed by atoms with Gasteiger partial charge in [-0.1, -0.05) is 50.6 Å². The second-order valence-corrected chi connectivity index (χ2v) is 5.59. The van der Waals surface area contributed by atoms with Crippen LogP contribution in [-0.2, 0) is 6.42 Å². The van der Waals surface area contributed by atoms with E-state index in [0.717, 1.165) is 45.4 Å². The Hall–Kier alpha value is -1.87. The molecule has 0 saturated heterocycles. The van der Waals surface area contributed by atoms with Gasteiger partial charge in [-0.2, -0.15) is 0 Å². The van der Waals surface area contributed by atoms with Gasteiger partial charge in [-0.3, -0.25) is 4.98 Å². The zero-order valence-electron chi connectivity index (χ0n) is 14.7. The number of nitrogens with one attached hydrogen (secondary N) is 1. The maximum Gasteiger partial charge on any atom is 0.139 e. The number of nitrogens with zero attached hydrogens (tertiary/aromatic N) is 2. The van der Waals surface area contributed by atoms with Crippen molar-refractivity contribution in [2.24, 2.45) is 4.99 Å². The quantitative estimate of drug-likeness (QED) is 0.806. The number of pyridine rings is 1. The van der Waals surface area contributed by atoms with Gasteiger partial charge in [0.05, 0.1) is 10.7 Å². The first-order chi connectivity index (χ1) is 11.0. The average molecular weight is 332 g/mol. The van der Waals surface area contributed by atoms with Gasteiger partial charge in [-0.25, -0.2) is 4.99 Å². The monoisotopic (exact) mass is 331 g/mol. The average Bonchev–Trinajstić information content (AvgIpc) is 2.85. The van der Waals surface area contributed by atoms with Gasteiger partial charge in [0, 0.05) is 30.1 Å². The summed E-state index contributed by atoms with van der Waals surface area (Å²) in [6.45, 7) is 14.2. The van der Waals surface area contributed by atoms with Crippen molar-refractivity contribution >= 4 is 17.4 Å². The Kier molecular flexibility index (Phi) is 7.76. The van der Waals surface area contributed by atoms with Crippen molar-refractivity contribution in [3.63, 3.8) is 0 Å². The van der Waals surface area contributed by atoms with Crippen molar-refractivity contribution in [3.8, 4) is 0 Å². The number of aromatic nitrogens is 1. The van der Waals surface area contributed by atoms with E-state index in [-0.39, 0.29) is 0 Å². The molecule has 3 nitrogen and oxygen atoms in total. The van der Waals surface area contributed by atoms with Crippen molar-refractivity contribution in [3.05, 3.63) is 64.2 Å². The molecule has 0 aliphatic carbocycles. The highest BCUT2D eigenvalue weighted by atomic mass is 35.5. The lowest BCUT2D eigenvalue weighted by Crippen LogP contribution is -2.24. The van der Waals surface area contributed by atoms with Crippen LogP contribution in [0.2, 0.25) is 0 Å². The number of rotatable bonds is 4.